The fourth-order valence-corrected chi connectivity index (χ4v) is 4.85. The van der Waals surface area contributed by atoms with Crippen molar-refractivity contribution < 1.29 is 14.3 Å². The number of ether oxygens (including phenoxy) is 1. The average molecular weight is 449 g/mol. The number of carbonyl (C=O) groups excluding carboxylic acids is 2. The lowest BCUT2D eigenvalue weighted by Crippen LogP contribution is -2.44. The van der Waals surface area contributed by atoms with Crippen LogP contribution in [-0.2, 0) is 16.1 Å². The number of hydrogen-bond acceptors (Lipinski definition) is 4. The first-order valence-corrected chi connectivity index (χ1v) is 11.5. The SMILES string of the molecule is COc1ccc(N2CC(c3nc4ccccc4n3CC(=O)N(C(C)C)C(C)C)CC2=O)cc1. The van der Waals surface area contributed by atoms with Gasteiger partial charge in [-0.1, -0.05) is 12.1 Å². The van der Waals surface area contributed by atoms with Crippen molar-refractivity contribution in [2.24, 2.45) is 0 Å². The number of amides is 2. The second-order valence-corrected chi connectivity index (χ2v) is 9.14. The van der Waals surface area contributed by atoms with Gasteiger partial charge < -0.3 is 19.1 Å². The van der Waals surface area contributed by atoms with Crippen molar-refractivity contribution in [3.63, 3.8) is 0 Å². The summed E-state index contributed by atoms with van der Waals surface area (Å²) in [6, 6.07) is 15.6. The molecule has 1 atom stereocenters. The van der Waals surface area contributed by atoms with Crippen LogP contribution in [0.3, 0.4) is 0 Å². The predicted octanol–water partition coefficient (Wildman–Crippen LogP) is 4.21. The predicted molar refractivity (Wildman–Crippen MR) is 130 cm³/mol. The highest BCUT2D eigenvalue weighted by Crippen LogP contribution is 2.34. The van der Waals surface area contributed by atoms with Gasteiger partial charge in [0.05, 0.1) is 18.1 Å². The van der Waals surface area contributed by atoms with Gasteiger partial charge in [0.1, 0.15) is 18.1 Å². The van der Waals surface area contributed by atoms with Gasteiger partial charge >= 0.3 is 0 Å². The number of hydrogen-bond donors (Lipinski definition) is 0. The first-order valence-electron chi connectivity index (χ1n) is 11.5. The fourth-order valence-electron chi connectivity index (χ4n) is 4.85. The fraction of sp³-hybridized carbons (Fsp3) is 0.423. The highest BCUT2D eigenvalue weighted by Gasteiger charge is 2.35. The van der Waals surface area contributed by atoms with Gasteiger partial charge in [0, 0.05) is 36.7 Å². The molecule has 4 rings (SSSR count). The Morgan fingerprint density at radius 3 is 2.39 bits per heavy atom. The Morgan fingerprint density at radius 1 is 1.09 bits per heavy atom. The summed E-state index contributed by atoms with van der Waals surface area (Å²) >= 11 is 0. The summed E-state index contributed by atoms with van der Waals surface area (Å²) in [5, 5.41) is 0. The van der Waals surface area contributed by atoms with Crippen LogP contribution in [0.15, 0.2) is 48.5 Å². The second kappa shape index (κ2) is 9.25. The zero-order chi connectivity index (χ0) is 23.7. The first kappa shape index (κ1) is 22.8. The molecule has 0 N–H and O–H groups in total. The van der Waals surface area contributed by atoms with Gasteiger partial charge in [-0.3, -0.25) is 9.59 Å². The quantitative estimate of drug-likeness (QED) is 0.543. The van der Waals surface area contributed by atoms with Crippen LogP contribution in [0.5, 0.6) is 5.75 Å². The summed E-state index contributed by atoms with van der Waals surface area (Å²) in [5.41, 5.74) is 2.60. The maximum atomic E-state index is 13.3. The minimum absolute atomic E-state index is 0.0562. The van der Waals surface area contributed by atoms with Gasteiger partial charge in [0.2, 0.25) is 11.8 Å². The molecule has 7 nitrogen and oxygen atoms in total. The number of carbonyl (C=O) groups is 2. The third-order valence-electron chi connectivity index (χ3n) is 6.25. The van der Waals surface area contributed by atoms with Gasteiger partial charge in [-0.2, -0.15) is 0 Å². The van der Waals surface area contributed by atoms with E-state index in [0.29, 0.717) is 13.0 Å². The Balaban J connectivity index is 1.66. The molecule has 1 aliphatic rings. The molecule has 33 heavy (non-hydrogen) atoms. The highest BCUT2D eigenvalue weighted by molar-refractivity contribution is 5.96. The largest absolute Gasteiger partial charge is 0.497 e. The lowest BCUT2D eigenvalue weighted by molar-refractivity contribution is -0.135. The van der Waals surface area contributed by atoms with E-state index in [1.165, 1.54) is 0 Å². The molecule has 0 radical (unpaired) electrons. The van der Waals surface area contributed by atoms with Crippen LogP contribution < -0.4 is 9.64 Å². The average Bonchev–Trinajstić information content (AvgIpc) is 3.34. The molecular weight excluding hydrogens is 416 g/mol. The zero-order valence-electron chi connectivity index (χ0n) is 20.0. The van der Waals surface area contributed by atoms with E-state index >= 15 is 0 Å². The van der Waals surface area contributed by atoms with Crippen LogP contribution in [0, 0.1) is 0 Å². The number of rotatable bonds is 7. The molecule has 1 fully saturated rings. The lowest BCUT2D eigenvalue weighted by Gasteiger charge is -2.31. The first-order chi connectivity index (χ1) is 15.8. The number of imidazole rings is 1. The van der Waals surface area contributed by atoms with Crippen molar-refractivity contribution in [1.82, 2.24) is 14.5 Å². The van der Waals surface area contributed by atoms with Crippen molar-refractivity contribution in [1.29, 1.82) is 0 Å². The van der Waals surface area contributed by atoms with E-state index in [1.54, 1.807) is 12.0 Å². The van der Waals surface area contributed by atoms with Crippen LogP contribution in [-0.4, -0.2) is 52.0 Å². The summed E-state index contributed by atoms with van der Waals surface area (Å²) in [7, 11) is 1.62. The van der Waals surface area contributed by atoms with E-state index < -0.39 is 0 Å². The molecule has 1 unspecified atom stereocenters. The van der Waals surface area contributed by atoms with E-state index in [-0.39, 0.29) is 36.4 Å². The molecule has 3 aromatic rings. The molecular formula is C26H32N4O3. The Hall–Kier alpha value is -3.35. The van der Waals surface area contributed by atoms with Gasteiger partial charge in [-0.15, -0.1) is 0 Å². The Kier molecular flexibility index (Phi) is 6.40. The Bertz CT molecular complexity index is 1140. The molecule has 174 valence electrons. The van der Waals surface area contributed by atoms with E-state index in [0.717, 1.165) is 28.3 Å². The third kappa shape index (κ3) is 4.45. The molecule has 2 amide bonds. The van der Waals surface area contributed by atoms with Crippen molar-refractivity contribution in [2.45, 2.75) is 58.7 Å². The summed E-state index contributed by atoms with van der Waals surface area (Å²) < 4.78 is 7.24. The summed E-state index contributed by atoms with van der Waals surface area (Å²) in [5.74, 6) is 1.57. The molecule has 1 saturated heterocycles. The molecule has 0 spiro atoms. The van der Waals surface area contributed by atoms with Crippen molar-refractivity contribution in [3.8, 4) is 5.75 Å². The van der Waals surface area contributed by atoms with Gasteiger partial charge in [-0.25, -0.2) is 4.98 Å². The maximum absolute atomic E-state index is 13.3. The molecule has 0 aliphatic carbocycles. The zero-order valence-corrected chi connectivity index (χ0v) is 20.0. The van der Waals surface area contributed by atoms with Crippen molar-refractivity contribution in [3.05, 3.63) is 54.4 Å². The Morgan fingerprint density at radius 2 is 1.76 bits per heavy atom. The molecule has 0 saturated carbocycles. The highest BCUT2D eigenvalue weighted by atomic mass is 16.5. The van der Waals surface area contributed by atoms with Crippen LogP contribution in [0.25, 0.3) is 11.0 Å². The van der Waals surface area contributed by atoms with Crippen LogP contribution in [0.1, 0.15) is 45.9 Å². The molecule has 2 heterocycles. The molecule has 0 bridgehead atoms. The maximum Gasteiger partial charge on any atom is 0.243 e. The minimum Gasteiger partial charge on any atom is -0.497 e. The Labute approximate surface area is 195 Å². The lowest BCUT2D eigenvalue weighted by atomic mass is 10.1. The van der Waals surface area contributed by atoms with E-state index in [4.69, 9.17) is 9.72 Å². The minimum atomic E-state index is -0.0913. The van der Waals surface area contributed by atoms with Crippen LogP contribution >= 0.6 is 0 Å². The van der Waals surface area contributed by atoms with E-state index in [9.17, 15) is 9.59 Å². The van der Waals surface area contributed by atoms with E-state index in [1.807, 2.05) is 85.7 Å². The van der Waals surface area contributed by atoms with Crippen LogP contribution in [0.2, 0.25) is 0 Å². The van der Waals surface area contributed by atoms with Crippen molar-refractivity contribution in [2.75, 3.05) is 18.6 Å². The number of benzene rings is 2. The standard InChI is InChI=1S/C26H32N4O3/c1-17(2)30(18(3)4)25(32)16-29-23-9-7-6-8-22(23)27-26(29)19-14-24(31)28(15-19)20-10-12-21(33-5)13-11-20/h6-13,17-19H,14-16H2,1-5H3. The monoisotopic (exact) mass is 448 g/mol. The molecule has 1 aromatic heterocycles. The summed E-state index contributed by atoms with van der Waals surface area (Å²) in [6.45, 7) is 8.88. The third-order valence-corrected chi connectivity index (χ3v) is 6.25. The summed E-state index contributed by atoms with van der Waals surface area (Å²) in [4.78, 5) is 34.8. The molecule has 1 aliphatic heterocycles. The number of fused-ring (bicyclic) bond motifs is 1. The number of aromatic nitrogens is 2. The second-order valence-electron chi connectivity index (χ2n) is 9.14. The number of nitrogens with zero attached hydrogens (tertiary/aromatic N) is 4. The number of methoxy groups -OCH3 is 1. The van der Waals surface area contributed by atoms with Crippen LogP contribution in [0.4, 0.5) is 5.69 Å². The van der Waals surface area contributed by atoms with E-state index in [2.05, 4.69) is 0 Å². The summed E-state index contributed by atoms with van der Waals surface area (Å²) in [6.07, 6.45) is 0.363. The number of anilines is 1. The smallest absolute Gasteiger partial charge is 0.243 e. The molecule has 7 heteroatoms. The van der Waals surface area contributed by atoms with Gasteiger partial charge in [0.25, 0.3) is 0 Å². The van der Waals surface area contributed by atoms with Gasteiger partial charge in [-0.05, 0) is 64.1 Å². The number of para-hydroxylation sites is 2. The topological polar surface area (TPSA) is 67.7 Å². The van der Waals surface area contributed by atoms with Crippen molar-refractivity contribution >= 4 is 28.5 Å². The normalized spacial score (nSPS) is 16.3. The van der Waals surface area contributed by atoms with Gasteiger partial charge in [0.15, 0.2) is 0 Å². The molecule has 2 aromatic carbocycles.